The van der Waals surface area contributed by atoms with Gasteiger partial charge in [-0.2, -0.15) is 13.2 Å². The zero-order valence-electron chi connectivity index (χ0n) is 9.02. The molecule has 1 N–H and O–H groups in total. The maximum atomic E-state index is 12.3. The largest absolute Gasteiger partial charge is 0.480 e. The van der Waals surface area contributed by atoms with Crippen LogP contribution in [0.3, 0.4) is 0 Å². The van der Waals surface area contributed by atoms with Gasteiger partial charge in [-0.05, 0) is 13.8 Å². The molecule has 0 fully saturated rings. The van der Waals surface area contributed by atoms with Crippen LogP contribution < -0.4 is 4.90 Å². The van der Waals surface area contributed by atoms with E-state index in [1.54, 1.807) is 13.8 Å². The van der Waals surface area contributed by atoms with Crippen LogP contribution in [0.4, 0.5) is 18.3 Å². The Bertz CT molecular complexity index is 405. The van der Waals surface area contributed by atoms with E-state index in [-0.39, 0.29) is 11.2 Å². The van der Waals surface area contributed by atoms with Crippen molar-refractivity contribution in [3.8, 4) is 0 Å². The number of aromatic nitrogens is 2. The minimum atomic E-state index is -4.55. The van der Waals surface area contributed by atoms with Crippen LogP contribution >= 0.6 is 11.3 Å². The van der Waals surface area contributed by atoms with Crippen LogP contribution in [0.1, 0.15) is 18.9 Å². The maximum absolute atomic E-state index is 12.3. The SMILES string of the molecule is CC(C)N(CC(=O)O)c1nnc(C(F)(F)F)s1. The van der Waals surface area contributed by atoms with Gasteiger partial charge in [-0.1, -0.05) is 11.3 Å². The van der Waals surface area contributed by atoms with Gasteiger partial charge in [0, 0.05) is 6.04 Å². The number of halogens is 3. The topological polar surface area (TPSA) is 66.3 Å². The normalized spacial score (nSPS) is 11.9. The summed E-state index contributed by atoms with van der Waals surface area (Å²) in [6, 6.07) is -0.278. The van der Waals surface area contributed by atoms with E-state index in [1.807, 2.05) is 0 Å². The van der Waals surface area contributed by atoms with Gasteiger partial charge in [-0.25, -0.2) is 0 Å². The van der Waals surface area contributed by atoms with Crippen molar-refractivity contribution in [3.05, 3.63) is 5.01 Å². The molecule has 0 amide bonds. The standard InChI is InChI=1S/C8H10F3N3O2S/c1-4(2)14(3-5(15)16)7-13-12-6(17-7)8(9,10)11/h4H,3H2,1-2H3,(H,15,16). The molecule has 1 aromatic heterocycles. The summed E-state index contributed by atoms with van der Waals surface area (Å²) in [6.45, 7) is 2.92. The molecule has 0 spiro atoms. The molecule has 5 nitrogen and oxygen atoms in total. The molecule has 0 aliphatic rings. The Morgan fingerprint density at radius 1 is 1.47 bits per heavy atom. The van der Waals surface area contributed by atoms with Crippen molar-refractivity contribution in [3.63, 3.8) is 0 Å². The molecule has 0 bridgehead atoms. The lowest BCUT2D eigenvalue weighted by Crippen LogP contribution is -2.35. The fourth-order valence-corrected chi connectivity index (χ4v) is 1.91. The third-order valence-corrected chi connectivity index (χ3v) is 2.84. The number of hydrogen-bond acceptors (Lipinski definition) is 5. The second-order valence-corrected chi connectivity index (χ2v) is 4.46. The van der Waals surface area contributed by atoms with E-state index in [0.29, 0.717) is 11.3 Å². The predicted octanol–water partition coefficient (Wildman–Crippen LogP) is 1.86. The summed E-state index contributed by atoms with van der Waals surface area (Å²) in [5.41, 5.74) is 0. The average molecular weight is 269 g/mol. The number of carboxylic acid groups (broad SMARTS) is 1. The van der Waals surface area contributed by atoms with E-state index in [1.165, 1.54) is 4.90 Å². The van der Waals surface area contributed by atoms with Crippen LogP contribution in [-0.4, -0.2) is 33.9 Å². The van der Waals surface area contributed by atoms with Gasteiger partial charge in [0.25, 0.3) is 0 Å². The summed E-state index contributed by atoms with van der Waals surface area (Å²) < 4.78 is 36.9. The Morgan fingerprint density at radius 2 is 2.06 bits per heavy atom. The third kappa shape index (κ3) is 3.55. The van der Waals surface area contributed by atoms with Crippen LogP contribution in [0.5, 0.6) is 0 Å². The Labute approximate surface area is 98.9 Å². The van der Waals surface area contributed by atoms with Crippen molar-refractivity contribution in [2.75, 3.05) is 11.4 Å². The molecule has 1 rings (SSSR count). The number of nitrogens with zero attached hydrogens (tertiary/aromatic N) is 3. The molecule has 0 saturated carbocycles. The van der Waals surface area contributed by atoms with Gasteiger partial charge in [0.05, 0.1) is 0 Å². The lowest BCUT2D eigenvalue weighted by molar-refractivity contribution is -0.138. The van der Waals surface area contributed by atoms with Gasteiger partial charge in [0.15, 0.2) is 0 Å². The first kappa shape index (κ1) is 13.7. The molecular weight excluding hydrogens is 259 g/mol. The van der Waals surface area contributed by atoms with Gasteiger partial charge in [-0.3, -0.25) is 4.79 Å². The van der Waals surface area contributed by atoms with Gasteiger partial charge < -0.3 is 10.0 Å². The molecule has 96 valence electrons. The highest BCUT2D eigenvalue weighted by Gasteiger charge is 2.36. The summed E-state index contributed by atoms with van der Waals surface area (Å²) >= 11 is 0.334. The van der Waals surface area contributed by atoms with Gasteiger partial charge >= 0.3 is 12.1 Å². The third-order valence-electron chi connectivity index (χ3n) is 1.83. The highest BCUT2D eigenvalue weighted by atomic mass is 32.1. The molecule has 0 aromatic carbocycles. The summed E-state index contributed by atoms with van der Waals surface area (Å²) in [4.78, 5) is 11.8. The Balaban J connectivity index is 2.96. The minimum Gasteiger partial charge on any atom is -0.480 e. The monoisotopic (exact) mass is 269 g/mol. The molecule has 9 heteroatoms. The molecular formula is C8H10F3N3O2S. The van der Waals surface area contributed by atoms with Crippen molar-refractivity contribution in [1.82, 2.24) is 10.2 Å². The second-order valence-electron chi connectivity index (χ2n) is 3.50. The van der Waals surface area contributed by atoms with Crippen molar-refractivity contribution < 1.29 is 23.1 Å². The molecule has 0 aliphatic heterocycles. The first-order chi connectivity index (χ1) is 7.71. The first-order valence-corrected chi connectivity index (χ1v) is 5.42. The molecule has 0 atom stereocenters. The molecule has 0 saturated heterocycles. The molecule has 1 aromatic rings. The van der Waals surface area contributed by atoms with E-state index < -0.39 is 23.7 Å². The van der Waals surface area contributed by atoms with Crippen LogP contribution in [0.2, 0.25) is 0 Å². The summed E-state index contributed by atoms with van der Waals surface area (Å²) in [5, 5.41) is 13.9. The molecule has 17 heavy (non-hydrogen) atoms. The zero-order valence-corrected chi connectivity index (χ0v) is 9.84. The summed E-state index contributed by atoms with van der Waals surface area (Å²) in [7, 11) is 0. The smallest absolute Gasteiger partial charge is 0.445 e. The van der Waals surface area contributed by atoms with Crippen molar-refractivity contribution in [1.29, 1.82) is 0 Å². The fraction of sp³-hybridized carbons (Fsp3) is 0.625. The Morgan fingerprint density at radius 3 is 2.41 bits per heavy atom. The Kier molecular flexibility index (Phi) is 3.91. The minimum absolute atomic E-state index is 0.0466. The number of anilines is 1. The van der Waals surface area contributed by atoms with E-state index >= 15 is 0 Å². The molecule has 1 heterocycles. The first-order valence-electron chi connectivity index (χ1n) is 4.61. The fourth-order valence-electron chi connectivity index (χ4n) is 1.06. The van der Waals surface area contributed by atoms with Gasteiger partial charge in [-0.15, -0.1) is 10.2 Å². The molecule has 0 unspecified atom stereocenters. The quantitative estimate of drug-likeness (QED) is 0.903. The van der Waals surface area contributed by atoms with E-state index in [2.05, 4.69) is 10.2 Å². The van der Waals surface area contributed by atoms with Crippen LogP contribution in [0, 0.1) is 0 Å². The van der Waals surface area contributed by atoms with Gasteiger partial charge in [0.1, 0.15) is 6.54 Å². The van der Waals surface area contributed by atoms with Crippen LogP contribution in [0.15, 0.2) is 0 Å². The number of carbonyl (C=O) groups is 1. The zero-order chi connectivity index (χ0) is 13.2. The van der Waals surface area contributed by atoms with Crippen molar-refractivity contribution >= 4 is 22.4 Å². The number of carboxylic acids is 1. The summed E-state index contributed by atoms with van der Waals surface area (Å²) in [5.74, 6) is -1.14. The maximum Gasteiger partial charge on any atom is 0.445 e. The van der Waals surface area contributed by atoms with Crippen molar-refractivity contribution in [2.24, 2.45) is 0 Å². The number of alkyl halides is 3. The molecule has 0 radical (unpaired) electrons. The van der Waals surface area contributed by atoms with Crippen LogP contribution in [0.25, 0.3) is 0 Å². The average Bonchev–Trinajstić information content (AvgIpc) is 2.60. The number of aliphatic carboxylic acids is 1. The second kappa shape index (κ2) is 4.86. The van der Waals surface area contributed by atoms with Crippen LogP contribution in [-0.2, 0) is 11.0 Å². The van der Waals surface area contributed by atoms with Crippen molar-refractivity contribution in [2.45, 2.75) is 26.1 Å². The molecule has 0 aliphatic carbocycles. The highest BCUT2D eigenvalue weighted by Crippen LogP contribution is 2.34. The number of hydrogen-bond donors (Lipinski definition) is 1. The predicted molar refractivity (Wildman–Crippen MR) is 55.0 cm³/mol. The van der Waals surface area contributed by atoms with Gasteiger partial charge in [0.2, 0.25) is 10.1 Å². The lowest BCUT2D eigenvalue weighted by Gasteiger charge is -2.23. The van der Waals surface area contributed by atoms with E-state index in [0.717, 1.165) is 0 Å². The summed E-state index contributed by atoms with van der Waals surface area (Å²) in [6.07, 6.45) is -4.55. The van der Waals surface area contributed by atoms with E-state index in [9.17, 15) is 18.0 Å². The Hall–Kier alpha value is -1.38. The number of rotatable bonds is 4. The highest BCUT2D eigenvalue weighted by molar-refractivity contribution is 7.15. The van der Waals surface area contributed by atoms with E-state index in [4.69, 9.17) is 5.11 Å². The lowest BCUT2D eigenvalue weighted by atomic mass is 10.3.